The Morgan fingerprint density at radius 3 is 2.60 bits per heavy atom. The van der Waals surface area contributed by atoms with Gasteiger partial charge in [0.15, 0.2) is 0 Å². The smallest absolute Gasteiger partial charge is 0.223 e. The van der Waals surface area contributed by atoms with E-state index < -0.39 is 0 Å². The van der Waals surface area contributed by atoms with Crippen molar-refractivity contribution in [1.82, 2.24) is 15.3 Å². The van der Waals surface area contributed by atoms with Gasteiger partial charge in [-0.15, -0.1) is 0 Å². The Hall–Kier alpha value is -1.65. The van der Waals surface area contributed by atoms with E-state index in [0.29, 0.717) is 18.9 Å². The van der Waals surface area contributed by atoms with Crippen molar-refractivity contribution in [3.05, 3.63) is 17.5 Å². The SMILES string of the molecule is Cc1cc(C)nc(NC2CNC(=O)C2)n1. The van der Waals surface area contributed by atoms with E-state index in [1.165, 1.54) is 0 Å². The number of hydrogen-bond donors (Lipinski definition) is 2. The average molecular weight is 206 g/mol. The van der Waals surface area contributed by atoms with Crippen molar-refractivity contribution < 1.29 is 4.79 Å². The summed E-state index contributed by atoms with van der Waals surface area (Å²) in [5.41, 5.74) is 1.87. The molecule has 0 aliphatic carbocycles. The van der Waals surface area contributed by atoms with Crippen molar-refractivity contribution in [3.8, 4) is 0 Å². The summed E-state index contributed by atoms with van der Waals surface area (Å²) in [6.45, 7) is 4.50. The summed E-state index contributed by atoms with van der Waals surface area (Å²) in [7, 11) is 0. The first-order chi connectivity index (χ1) is 7.13. The van der Waals surface area contributed by atoms with Gasteiger partial charge in [0.25, 0.3) is 0 Å². The molecule has 2 heterocycles. The van der Waals surface area contributed by atoms with Gasteiger partial charge in [0.05, 0.1) is 6.04 Å². The second-order valence-electron chi connectivity index (χ2n) is 3.82. The van der Waals surface area contributed by atoms with Crippen molar-refractivity contribution in [1.29, 1.82) is 0 Å². The van der Waals surface area contributed by atoms with Crippen LogP contribution in [0, 0.1) is 13.8 Å². The van der Waals surface area contributed by atoms with Crippen LogP contribution in [0.1, 0.15) is 17.8 Å². The lowest BCUT2D eigenvalue weighted by molar-refractivity contribution is -0.119. The monoisotopic (exact) mass is 206 g/mol. The molecule has 0 radical (unpaired) electrons. The minimum atomic E-state index is 0.0804. The normalized spacial score (nSPS) is 20.1. The fourth-order valence-corrected chi connectivity index (χ4v) is 1.68. The molecule has 1 fully saturated rings. The number of hydrogen-bond acceptors (Lipinski definition) is 4. The van der Waals surface area contributed by atoms with Crippen molar-refractivity contribution in [2.24, 2.45) is 0 Å². The minimum Gasteiger partial charge on any atom is -0.354 e. The zero-order valence-corrected chi connectivity index (χ0v) is 8.87. The van der Waals surface area contributed by atoms with Crippen molar-refractivity contribution in [3.63, 3.8) is 0 Å². The third kappa shape index (κ3) is 2.43. The molecule has 5 nitrogen and oxygen atoms in total. The third-order valence-electron chi connectivity index (χ3n) is 2.29. The van der Waals surface area contributed by atoms with Crippen LogP contribution < -0.4 is 10.6 Å². The maximum Gasteiger partial charge on any atom is 0.223 e. The van der Waals surface area contributed by atoms with E-state index in [0.717, 1.165) is 11.4 Å². The molecule has 5 heteroatoms. The van der Waals surface area contributed by atoms with Gasteiger partial charge in [-0.25, -0.2) is 9.97 Å². The first-order valence-corrected chi connectivity index (χ1v) is 4.99. The predicted octanol–water partition coefficient (Wildman–Crippen LogP) is 0.394. The van der Waals surface area contributed by atoms with Gasteiger partial charge in [0.1, 0.15) is 0 Å². The van der Waals surface area contributed by atoms with E-state index in [9.17, 15) is 4.79 Å². The molecule has 0 saturated carbocycles. The lowest BCUT2D eigenvalue weighted by Gasteiger charge is -2.10. The number of carbonyl (C=O) groups is 1. The maximum absolute atomic E-state index is 11.0. The van der Waals surface area contributed by atoms with Crippen LogP contribution in [0.15, 0.2) is 6.07 Å². The van der Waals surface area contributed by atoms with Gasteiger partial charge in [0, 0.05) is 24.4 Å². The molecule has 1 saturated heterocycles. The molecule has 1 aliphatic rings. The summed E-state index contributed by atoms with van der Waals surface area (Å²) in [5, 5.41) is 5.91. The minimum absolute atomic E-state index is 0.0804. The lowest BCUT2D eigenvalue weighted by atomic mass is 10.2. The van der Waals surface area contributed by atoms with Gasteiger partial charge in [-0.1, -0.05) is 0 Å². The molecule has 0 spiro atoms. The molecule has 0 bridgehead atoms. The number of aromatic nitrogens is 2. The Balaban J connectivity index is 2.07. The number of nitrogens with one attached hydrogen (secondary N) is 2. The van der Waals surface area contributed by atoms with Gasteiger partial charge < -0.3 is 10.6 Å². The molecule has 1 aliphatic heterocycles. The summed E-state index contributed by atoms with van der Waals surface area (Å²) in [5.74, 6) is 0.686. The van der Waals surface area contributed by atoms with Crippen LogP contribution in [-0.4, -0.2) is 28.5 Å². The molecular formula is C10H14N4O. The zero-order chi connectivity index (χ0) is 10.8. The average Bonchev–Trinajstić information content (AvgIpc) is 2.49. The topological polar surface area (TPSA) is 66.9 Å². The first-order valence-electron chi connectivity index (χ1n) is 4.99. The van der Waals surface area contributed by atoms with Crippen LogP contribution in [0.4, 0.5) is 5.95 Å². The molecular weight excluding hydrogens is 192 g/mol. The Bertz CT molecular complexity index is 371. The zero-order valence-electron chi connectivity index (χ0n) is 8.87. The molecule has 1 aromatic rings. The second-order valence-corrected chi connectivity index (χ2v) is 3.82. The molecule has 0 aromatic carbocycles. The Labute approximate surface area is 88.3 Å². The number of nitrogens with zero attached hydrogens (tertiary/aromatic N) is 2. The van der Waals surface area contributed by atoms with Crippen LogP contribution >= 0.6 is 0 Å². The quantitative estimate of drug-likeness (QED) is 0.734. The van der Waals surface area contributed by atoms with Gasteiger partial charge in [0.2, 0.25) is 11.9 Å². The lowest BCUT2D eigenvalue weighted by Crippen LogP contribution is -2.23. The number of anilines is 1. The fraction of sp³-hybridized carbons (Fsp3) is 0.500. The molecule has 15 heavy (non-hydrogen) atoms. The van der Waals surface area contributed by atoms with Crippen molar-refractivity contribution >= 4 is 11.9 Å². The summed E-state index contributed by atoms with van der Waals surface area (Å²) < 4.78 is 0. The molecule has 2 rings (SSSR count). The van der Waals surface area contributed by atoms with E-state index in [2.05, 4.69) is 20.6 Å². The third-order valence-corrected chi connectivity index (χ3v) is 2.29. The van der Waals surface area contributed by atoms with E-state index in [1.807, 2.05) is 19.9 Å². The fourth-order valence-electron chi connectivity index (χ4n) is 1.68. The van der Waals surface area contributed by atoms with E-state index >= 15 is 0 Å². The van der Waals surface area contributed by atoms with Gasteiger partial charge in [-0.05, 0) is 19.9 Å². The number of amides is 1. The predicted molar refractivity (Wildman–Crippen MR) is 56.5 cm³/mol. The van der Waals surface area contributed by atoms with Gasteiger partial charge in [-0.3, -0.25) is 4.79 Å². The van der Waals surface area contributed by atoms with Crippen LogP contribution in [0.25, 0.3) is 0 Å². The first kappa shape index (κ1) is 9.89. The summed E-state index contributed by atoms with van der Waals surface area (Å²) >= 11 is 0. The summed E-state index contributed by atoms with van der Waals surface area (Å²) in [4.78, 5) is 19.5. The van der Waals surface area contributed by atoms with Crippen molar-refractivity contribution in [2.45, 2.75) is 26.3 Å². The summed E-state index contributed by atoms with van der Waals surface area (Å²) in [6, 6.07) is 2.03. The van der Waals surface area contributed by atoms with Crippen LogP contribution in [-0.2, 0) is 4.79 Å². The standard InChI is InChI=1S/C10H14N4O/c1-6-3-7(2)13-10(12-6)14-8-4-9(15)11-5-8/h3,8H,4-5H2,1-2H3,(H,11,15)(H,12,13,14). The van der Waals surface area contributed by atoms with Crippen molar-refractivity contribution in [2.75, 3.05) is 11.9 Å². The maximum atomic E-state index is 11.0. The van der Waals surface area contributed by atoms with Crippen LogP contribution in [0.2, 0.25) is 0 Å². The molecule has 1 unspecified atom stereocenters. The highest BCUT2D eigenvalue weighted by atomic mass is 16.1. The molecule has 1 amide bonds. The molecule has 2 N–H and O–H groups in total. The van der Waals surface area contributed by atoms with E-state index in [-0.39, 0.29) is 11.9 Å². The second kappa shape index (κ2) is 3.84. The number of rotatable bonds is 2. The van der Waals surface area contributed by atoms with Crippen LogP contribution in [0.3, 0.4) is 0 Å². The highest BCUT2D eigenvalue weighted by Gasteiger charge is 2.21. The number of carbonyl (C=O) groups excluding carboxylic acids is 1. The Kier molecular flexibility index (Phi) is 2.53. The highest BCUT2D eigenvalue weighted by Crippen LogP contribution is 2.09. The van der Waals surface area contributed by atoms with Gasteiger partial charge >= 0.3 is 0 Å². The molecule has 1 aromatic heterocycles. The van der Waals surface area contributed by atoms with Crippen LogP contribution in [0.5, 0.6) is 0 Å². The summed E-state index contributed by atoms with van der Waals surface area (Å²) in [6.07, 6.45) is 0.496. The largest absolute Gasteiger partial charge is 0.354 e. The Morgan fingerprint density at radius 2 is 2.07 bits per heavy atom. The van der Waals surface area contributed by atoms with E-state index in [4.69, 9.17) is 0 Å². The highest BCUT2D eigenvalue weighted by molar-refractivity contribution is 5.79. The molecule has 1 atom stereocenters. The Morgan fingerprint density at radius 1 is 1.40 bits per heavy atom. The van der Waals surface area contributed by atoms with E-state index in [1.54, 1.807) is 0 Å². The number of aryl methyl sites for hydroxylation is 2. The molecule has 80 valence electrons. The van der Waals surface area contributed by atoms with Gasteiger partial charge in [-0.2, -0.15) is 0 Å².